The number of aromatic nitrogens is 1. The third kappa shape index (κ3) is 1.41. The number of nitrogens with two attached hydrogens (primary N) is 1. The second-order valence-electron chi connectivity index (χ2n) is 4.54. The van der Waals surface area contributed by atoms with Crippen LogP contribution in [0.3, 0.4) is 0 Å². The van der Waals surface area contributed by atoms with Crippen molar-refractivity contribution >= 4 is 10.8 Å². The minimum Gasteiger partial charge on any atom is -0.321 e. The van der Waals surface area contributed by atoms with E-state index in [4.69, 9.17) is 5.73 Å². The fraction of sp³-hybridized carbons (Fsp3) is 0.308. The summed E-state index contributed by atoms with van der Waals surface area (Å²) in [7, 11) is 0. The van der Waals surface area contributed by atoms with Crippen LogP contribution < -0.4 is 5.73 Å². The molecule has 1 aromatic heterocycles. The van der Waals surface area contributed by atoms with E-state index in [-0.39, 0.29) is 5.54 Å². The number of hydrogen-bond donors (Lipinski definition) is 1. The molecule has 0 atom stereocenters. The Labute approximate surface area is 89.1 Å². The Morgan fingerprint density at radius 2 is 2.00 bits per heavy atom. The SMILES string of the molecule is Cc1cc2ccc(C3(N)CC3)cc2cn1. The highest BCUT2D eigenvalue weighted by molar-refractivity contribution is 5.83. The molecule has 2 aromatic rings. The highest BCUT2D eigenvalue weighted by Crippen LogP contribution is 2.43. The number of hydrogen-bond acceptors (Lipinski definition) is 2. The summed E-state index contributed by atoms with van der Waals surface area (Å²) < 4.78 is 0. The molecular weight excluding hydrogens is 184 g/mol. The quantitative estimate of drug-likeness (QED) is 0.764. The summed E-state index contributed by atoms with van der Waals surface area (Å²) in [6.45, 7) is 2.01. The predicted molar refractivity (Wildman–Crippen MR) is 61.6 cm³/mol. The molecule has 3 rings (SSSR count). The lowest BCUT2D eigenvalue weighted by Crippen LogP contribution is -2.18. The zero-order valence-corrected chi connectivity index (χ0v) is 8.83. The van der Waals surface area contributed by atoms with E-state index in [0.717, 1.165) is 18.5 Å². The number of nitrogens with zero attached hydrogens (tertiary/aromatic N) is 1. The second-order valence-corrected chi connectivity index (χ2v) is 4.54. The molecule has 2 nitrogen and oxygen atoms in total. The molecule has 1 aromatic carbocycles. The highest BCUT2D eigenvalue weighted by atomic mass is 14.8. The van der Waals surface area contributed by atoms with Gasteiger partial charge in [-0.3, -0.25) is 4.98 Å². The van der Waals surface area contributed by atoms with Gasteiger partial charge in [0.1, 0.15) is 0 Å². The van der Waals surface area contributed by atoms with Crippen LogP contribution in [0.25, 0.3) is 10.8 Å². The Morgan fingerprint density at radius 3 is 2.73 bits per heavy atom. The molecule has 0 spiro atoms. The van der Waals surface area contributed by atoms with Gasteiger partial charge >= 0.3 is 0 Å². The van der Waals surface area contributed by atoms with Crippen molar-refractivity contribution in [3.63, 3.8) is 0 Å². The molecule has 76 valence electrons. The van der Waals surface area contributed by atoms with Gasteiger partial charge in [0.2, 0.25) is 0 Å². The van der Waals surface area contributed by atoms with Gasteiger partial charge in [-0.25, -0.2) is 0 Å². The van der Waals surface area contributed by atoms with Crippen molar-refractivity contribution in [3.8, 4) is 0 Å². The third-order valence-electron chi connectivity index (χ3n) is 3.22. The Morgan fingerprint density at radius 1 is 1.20 bits per heavy atom. The largest absolute Gasteiger partial charge is 0.321 e. The zero-order chi connectivity index (χ0) is 10.5. The Kier molecular flexibility index (Phi) is 1.65. The normalized spacial score (nSPS) is 18.0. The lowest BCUT2D eigenvalue weighted by molar-refractivity contribution is 0.741. The molecule has 0 amide bonds. The van der Waals surface area contributed by atoms with Crippen molar-refractivity contribution < 1.29 is 0 Å². The summed E-state index contributed by atoms with van der Waals surface area (Å²) >= 11 is 0. The number of aryl methyl sites for hydroxylation is 1. The van der Waals surface area contributed by atoms with E-state index in [9.17, 15) is 0 Å². The zero-order valence-electron chi connectivity index (χ0n) is 8.83. The molecule has 1 saturated carbocycles. The van der Waals surface area contributed by atoms with Crippen molar-refractivity contribution in [2.24, 2.45) is 5.73 Å². The van der Waals surface area contributed by atoms with Gasteiger partial charge in [-0.1, -0.05) is 12.1 Å². The van der Waals surface area contributed by atoms with Crippen LogP contribution in [0.4, 0.5) is 0 Å². The predicted octanol–water partition coefficient (Wildman–Crippen LogP) is 2.49. The third-order valence-corrected chi connectivity index (χ3v) is 3.22. The van der Waals surface area contributed by atoms with E-state index in [1.165, 1.54) is 16.3 Å². The molecule has 1 aliphatic carbocycles. The van der Waals surface area contributed by atoms with E-state index in [1.54, 1.807) is 0 Å². The van der Waals surface area contributed by atoms with Crippen LogP contribution in [0.5, 0.6) is 0 Å². The summed E-state index contributed by atoms with van der Waals surface area (Å²) in [4.78, 5) is 4.31. The van der Waals surface area contributed by atoms with E-state index < -0.39 is 0 Å². The number of benzene rings is 1. The standard InChI is InChI=1S/C13H14N2/c1-9-6-10-2-3-12(13(14)4-5-13)7-11(10)8-15-9/h2-3,6-8H,4-5,14H2,1H3. The fourth-order valence-corrected chi connectivity index (χ4v) is 1.98. The summed E-state index contributed by atoms with van der Waals surface area (Å²) in [5.74, 6) is 0. The lowest BCUT2D eigenvalue weighted by atomic mass is 10.0. The van der Waals surface area contributed by atoms with Crippen LogP contribution in [0, 0.1) is 6.92 Å². The van der Waals surface area contributed by atoms with Gasteiger partial charge < -0.3 is 5.73 Å². The van der Waals surface area contributed by atoms with Gasteiger partial charge in [0, 0.05) is 22.8 Å². The first kappa shape index (κ1) is 8.86. The van der Waals surface area contributed by atoms with Crippen LogP contribution in [0.2, 0.25) is 0 Å². The van der Waals surface area contributed by atoms with Crippen LogP contribution in [-0.2, 0) is 5.54 Å². The van der Waals surface area contributed by atoms with Gasteiger partial charge in [-0.2, -0.15) is 0 Å². The average molecular weight is 198 g/mol. The first-order valence-corrected chi connectivity index (χ1v) is 5.33. The maximum Gasteiger partial charge on any atom is 0.0411 e. The van der Waals surface area contributed by atoms with Gasteiger partial charge in [0.15, 0.2) is 0 Å². The van der Waals surface area contributed by atoms with E-state index in [0.29, 0.717) is 0 Å². The lowest BCUT2D eigenvalue weighted by Gasteiger charge is -2.10. The van der Waals surface area contributed by atoms with Crippen LogP contribution in [0.1, 0.15) is 24.1 Å². The minimum atomic E-state index is -0.0426. The van der Waals surface area contributed by atoms with Gasteiger partial charge in [0.25, 0.3) is 0 Å². The summed E-state index contributed by atoms with van der Waals surface area (Å²) in [5, 5.41) is 2.44. The smallest absolute Gasteiger partial charge is 0.0411 e. The van der Waals surface area contributed by atoms with E-state index in [2.05, 4.69) is 29.2 Å². The molecule has 15 heavy (non-hydrogen) atoms. The summed E-state index contributed by atoms with van der Waals surface area (Å²) in [5.41, 5.74) is 8.44. The molecule has 1 fully saturated rings. The van der Waals surface area contributed by atoms with Gasteiger partial charge in [-0.15, -0.1) is 0 Å². The Bertz CT molecular complexity index is 527. The second kappa shape index (κ2) is 2.80. The average Bonchev–Trinajstić information content (AvgIpc) is 2.97. The molecule has 0 saturated heterocycles. The number of pyridine rings is 1. The molecule has 0 bridgehead atoms. The van der Waals surface area contributed by atoms with Crippen LogP contribution in [0.15, 0.2) is 30.5 Å². The van der Waals surface area contributed by atoms with E-state index in [1.807, 2.05) is 13.1 Å². The van der Waals surface area contributed by atoms with Crippen molar-refractivity contribution in [3.05, 3.63) is 41.7 Å². The molecule has 0 aliphatic heterocycles. The molecule has 1 aliphatic rings. The summed E-state index contributed by atoms with van der Waals surface area (Å²) in [6.07, 6.45) is 4.15. The molecular formula is C13H14N2. The van der Waals surface area contributed by atoms with Gasteiger partial charge in [-0.05, 0) is 42.8 Å². The van der Waals surface area contributed by atoms with Crippen LogP contribution >= 0.6 is 0 Å². The topological polar surface area (TPSA) is 38.9 Å². The van der Waals surface area contributed by atoms with Crippen molar-refractivity contribution in [2.45, 2.75) is 25.3 Å². The first-order valence-electron chi connectivity index (χ1n) is 5.33. The minimum absolute atomic E-state index is 0.0426. The number of fused-ring (bicyclic) bond motifs is 1. The van der Waals surface area contributed by atoms with Crippen molar-refractivity contribution in [1.29, 1.82) is 0 Å². The maximum absolute atomic E-state index is 6.17. The molecule has 2 heteroatoms. The maximum atomic E-state index is 6.17. The summed E-state index contributed by atoms with van der Waals surface area (Å²) in [6, 6.07) is 8.57. The van der Waals surface area contributed by atoms with Gasteiger partial charge in [0.05, 0.1) is 0 Å². The molecule has 2 N–H and O–H groups in total. The Balaban J connectivity index is 2.18. The monoisotopic (exact) mass is 198 g/mol. The molecule has 1 heterocycles. The molecule has 0 radical (unpaired) electrons. The van der Waals surface area contributed by atoms with Crippen molar-refractivity contribution in [1.82, 2.24) is 4.98 Å². The first-order chi connectivity index (χ1) is 7.17. The van der Waals surface area contributed by atoms with Crippen LogP contribution in [-0.4, -0.2) is 4.98 Å². The fourth-order valence-electron chi connectivity index (χ4n) is 1.98. The van der Waals surface area contributed by atoms with Crippen molar-refractivity contribution in [2.75, 3.05) is 0 Å². The highest BCUT2D eigenvalue weighted by Gasteiger charge is 2.39. The van der Waals surface area contributed by atoms with E-state index >= 15 is 0 Å². The molecule has 0 unspecified atom stereocenters. The Hall–Kier alpha value is -1.41. The number of rotatable bonds is 1.